The van der Waals surface area contributed by atoms with Crippen molar-refractivity contribution in [2.24, 2.45) is 5.16 Å². The number of nitrogens with one attached hydrogen (secondary N) is 2. The Kier molecular flexibility index (Phi) is 7.36. The Morgan fingerprint density at radius 2 is 1.69 bits per heavy atom. The molecule has 0 aliphatic heterocycles. The van der Waals surface area contributed by atoms with E-state index in [1.54, 1.807) is 19.1 Å². The lowest BCUT2D eigenvalue weighted by Gasteiger charge is -2.06. The van der Waals surface area contributed by atoms with Crippen molar-refractivity contribution in [2.45, 2.75) is 20.3 Å². The highest BCUT2D eigenvalue weighted by molar-refractivity contribution is 5.99. The largest absolute Gasteiger partial charge is 0.385 e. The lowest BCUT2D eigenvalue weighted by molar-refractivity contribution is -0.125. The number of carbonyl (C=O) groups is 2. The van der Waals surface area contributed by atoms with Crippen LogP contribution >= 0.6 is 0 Å². The van der Waals surface area contributed by atoms with E-state index in [4.69, 9.17) is 4.84 Å². The summed E-state index contributed by atoms with van der Waals surface area (Å²) in [7, 11) is 0. The van der Waals surface area contributed by atoms with Gasteiger partial charge in [-0.25, -0.2) is 0 Å². The van der Waals surface area contributed by atoms with Crippen molar-refractivity contribution in [2.75, 3.05) is 18.5 Å². The molecule has 2 N–H and O–H groups in total. The van der Waals surface area contributed by atoms with Crippen LogP contribution < -0.4 is 10.6 Å². The Morgan fingerprint density at radius 3 is 2.35 bits per heavy atom. The fraction of sp³-hybridized carbons (Fsp3) is 0.250. The number of amides is 2. The van der Waals surface area contributed by atoms with Gasteiger partial charge in [0.15, 0.2) is 6.61 Å². The number of anilines is 1. The predicted molar refractivity (Wildman–Crippen MR) is 102 cm³/mol. The third kappa shape index (κ3) is 6.76. The molecule has 2 amide bonds. The van der Waals surface area contributed by atoms with Crippen molar-refractivity contribution in [1.82, 2.24) is 5.32 Å². The van der Waals surface area contributed by atoms with Gasteiger partial charge in [0.05, 0.1) is 5.71 Å². The quantitative estimate of drug-likeness (QED) is 0.566. The van der Waals surface area contributed by atoms with Crippen LogP contribution in [0.1, 0.15) is 25.0 Å². The first-order valence-corrected chi connectivity index (χ1v) is 8.40. The third-order valence-electron chi connectivity index (χ3n) is 3.60. The van der Waals surface area contributed by atoms with Gasteiger partial charge in [-0.05, 0) is 36.6 Å². The third-order valence-corrected chi connectivity index (χ3v) is 3.60. The molecule has 0 spiro atoms. The molecular weight excluding hydrogens is 330 g/mol. The van der Waals surface area contributed by atoms with E-state index in [2.05, 4.69) is 15.8 Å². The number of nitrogens with zero attached hydrogens (tertiary/aromatic N) is 1. The summed E-state index contributed by atoms with van der Waals surface area (Å²) in [4.78, 5) is 27.9. The zero-order chi connectivity index (χ0) is 18.8. The maximum absolute atomic E-state index is 11.8. The molecule has 2 aromatic rings. The summed E-state index contributed by atoms with van der Waals surface area (Å²) < 4.78 is 0. The van der Waals surface area contributed by atoms with Gasteiger partial charge in [0, 0.05) is 19.2 Å². The van der Waals surface area contributed by atoms with Crippen LogP contribution in [0.25, 0.3) is 0 Å². The minimum absolute atomic E-state index is 0.121. The van der Waals surface area contributed by atoms with Gasteiger partial charge < -0.3 is 15.5 Å². The summed E-state index contributed by atoms with van der Waals surface area (Å²) in [5.41, 5.74) is 3.39. The lowest BCUT2D eigenvalue weighted by Crippen LogP contribution is -2.29. The first-order chi connectivity index (χ1) is 12.5. The number of benzene rings is 2. The van der Waals surface area contributed by atoms with E-state index in [1.807, 2.05) is 42.5 Å². The van der Waals surface area contributed by atoms with Crippen LogP contribution in [0.4, 0.5) is 5.69 Å². The molecule has 0 heterocycles. The highest BCUT2D eigenvalue weighted by Gasteiger charge is 2.03. The molecule has 0 saturated carbocycles. The number of rotatable bonds is 8. The maximum Gasteiger partial charge on any atom is 0.260 e. The van der Waals surface area contributed by atoms with Crippen LogP contribution in [0.5, 0.6) is 0 Å². The molecule has 0 atom stereocenters. The van der Waals surface area contributed by atoms with Gasteiger partial charge in [-0.15, -0.1) is 0 Å². The molecule has 6 heteroatoms. The van der Waals surface area contributed by atoms with Crippen molar-refractivity contribution in [3.05, 3.63) is 65.7 Å². The second-order valence-corrected chi connectivity index (χ2v) is 5.79. The monoisotopic (exact) mass is 353 g/mol. The Balaban J connectivity index is 1.72. The number of oxime groups is 1. The SMILES string of the molecule is CC(=O)Nc1ccc(/C(C)=N/OCC(=O)NCCc2ccccc2)cc1. The smallest absolute Gasteiger partial charge is 0.260 e. The molecular formula is C20H23N3O3. The van der Waals surface area contributed by atoms with E-state index in [0.29, 0.717) is 17.9 Å². The molecule has 0 aromatic heterocycles. The molecule has 26 heavy (non-hydrogen) atoms. The van der Waals surface area contributed by atoms with Gasteiger partial charge in [0.2, 0.25) is 5.91 Å². The van der Waals surface area contributed by atoms with Crippen LogP contribution in [0.3, 0.4) is 0 Å². The zero-order valence-corrected chi connectivity index (χ0v) is 15.0. The number of hydrogen-bond acceptors (Lipinski definition) is 4. The molecule has 2 aromatic carbocycles. The molecule has 0 aliphatic carbocycles. The van der Waals surface area contributed by atoms with Gasteiger partial charge in [-0.2, -0.15) is 0 Å². The van der Waals surface area contributed by atoms with E-state index in [-0.39, 0.29) is 18.4 Å². The maximum atomic E-state index is 11.8. The van der Waals surface area contributed by atoms with Crippen LogP contribution in [-0.2, 0) is 20.8 Å². The zero-order valence-electron chi connectivity index (χ0n) is 15.0. The molecule has 0 saturated heterocycles. The topological polar surface area (TPSA) is 79.8 Å². The molecule has 2 rings (SSSR count). The van der Waals surface area contributed by atoms with Crippen molar-refractivity contribution < 1.29 is 14.4 Å². The molecule has 6 nitrogen and oxygen atoms in total. The normalized spacial score (nSPS) is 10.9. The van der Waals surface area contributed by atoms with Crippen LogP contribution in [0.2, 0.25) is 0 Å². The summed E-state index contributed by atoms with van der Waals surface area (Å²) in [6, 6.07) is 17.2. The average Bonchev–Trinajstić information content (AvgIpc) is 2.62. The predicted octanol–water partition coefficient (Wildman–Crippen LogP) is 2.74. The molecule has 0 fully saturated rings. The van der Waals surface area contributed by atoms with Crippen LogP contribution in [-0.4, -0.2) is 30.7 Å². The summed E-state index contributed by atoms with van der Waals surface area (Å²) in [6.07, 6.45) is 0.773. The molecule has 0 radical (unpaired) electrons. The van der Waals surface area contributed by atoms with E-state index < -0.39 is 0 Å². The summed E-state index contributed by atoms with van der Waals surface area (Å²) in [5, 5.41) is 9.45. The fourth-order valence-electron chi connectivity index (χ4n) is 2.28. The van der Waals surface area contributed by atoms with Crippen molar-refractivity contribution in [1.29, 1.82) is 0 Å². The van der Waals surface area contributed by atoms with Gasteiger partial charge in [-0.3, -0.25) is 9.59 Å². The minimum Gasteiger partial charge on any atom is -0.385 e. The molecule has 0 aliphatic rings. The Labute approximate surface area is 153 Å². The fourth-order valence-corrected chi connectivity index (χ4v) is 2.28. The highest BCUT2D eigenvalue weighted by Crippen LogP contribution is 2.10. The second kappa shape index (κ2) is 9.98. The standard InChI is InChI=1S/C20H23N3O3/c1-15(18-8-10-19(11-9-18)22-16(2)24)23-26-14-20(25)21-13-12-17-6-4-3-5-7-17/h3-11H,12-14H2,1-2H3,(H,21,25)(H,22,24)/b23-15+. The average molecular weight is 353 g/mol. The molecule has 0 bridgehead atoms. The van der Waals surface area contributed by atoms with Gasteiger partial charge in [0.25, 0.3) is 5.91 Å². The first-order valence-electron chi connectivity index (χ1n) is 8.40. The Morgan fingerprint density at radius 1 is 1.00 bits per heavy atom. The molecule has 136 valence electrons. The number of hydrogen-bond donors (Lipinski definition) is 2. The summed E-state index contributed by atoms with van der Waals surface area (Å²) >= 11 is 0. The van der Waals surface area contributed by atoms with Crippen molar-refractivity contribution >= 4 is 23.2 Å². The van der Waals surface area contributed by atoms with Crippen LogP contribution in [0, 0.1) is 0 Å². The minimum atomic E-state index is -0.210. The van der Waals surface area contributed by atoms with Gasteiger partial charge in [-0.1, -0.05) is 47.6 Å². The van der Waals surface area contributed by atoms with Gasteiger partial charge in [0.1, 0.15) is 0 Å². The Hall–Kier alpha value is -3.15. The first kappa shape index (κ1) is 19.2. The molecule has 0 unspecified atom stereocenters. The van der Waals surface area contributed by atoms with E-state index in [0.717, 1.165) is 12.0 Å². The van der Waals surface area contributed by atoms with Crippen molar-refractivity contribution in [3.63, 3.8) is 0 Å². The van der Waals surface area contributed by atoms with E-state index >= 15 is 0 Å². The van der Waals surface area contributed by atoms with E-state index in [9.17, 15) is 9.59 Å². The Bertz CT molecular complexity index is 756. The van der Waals surface area contributed by atoms with Crippen LogP contribution in [0.15, 0.2) is 59.8 Å². The van der Waals surface area contributed by atoms with E-state index in [1.165, 1.54) is 12.5 Å². The summed E-state index contributed by atoms with van der Waals surface area (Å²) in [6.45, 7) is 3.68. The number of carbonyl (C=O) groups excluding carboxylic acids is 2. The summed E-state index contributed by atoms with van der Waals surface area (Å²) in [5.74, 6) is -0.330. The lowest BCUT2D eigenvalue weighted by atomic mass is 10.1. The van der Waals surface area contributed by atoms with Gasteiger partial charge >= 0.3 is 0 Å². The van der Waals surface area contributed by atoms with Crippen molar-refractivity contribution in [3.8, 4) is 0 Å². The second-order valence-electron chi connectivity index (χ2n) is 5.79. The highest BCUT2D eigenvalue weighted by atomic mass is 16.6.